The maximum absolute atomic E-state index is 12.7. The molecule has 0 aliphatic heterocycles. The van der Waals surface area contributed by atoms with Crippen molar-refractivity contribution in [2.75, 3.05) is 13.6 Å². The molecule has 1 N–H and O–H groups in total. The molecule has 0 aliphatic carbocycles. The minimum Gasteiger partial charge on any atom is -0.428 e. The Morgan fingerprint density at radius 1 is 0.700 bits per heavy atom. The van der Waals surface area contributed by atoms with Crippen molar-refractivity contribution >= 4 is 87.5 Å². The highest BCUT2D eigenvalue weighted by Gasteiger charge is 2.28. The normalized spacial score (nSPS) is 11.2. The van der Waals surface area contributed by atoms with Crippen molar-refractivity contribution in [3.63, 3.8) is 0 Å². The van der Waals surface area contributed by atoms with E-state index in [1.807, 2.05) is 0 Å². The summed E-state index contributed by atoms with van der Waals surface area (Å²) < 4.78 is 19.5. The van der Waals surface area contributed by atoms with E-state index in [0.717, 1.165) is 11.3 Å². The molecule has 3 aromatic rings. The van der Waals surface area contributed by atoms with E-state index >= 15 is 0 Å². The molecule has 0 spiro atoms. The smallest absolute Gasteiger partial charge is 0.344 e. The third-order valence-electron chi connectivity index (χ3n) is 4.84. The molecular weight excluding hydrogens is 632 g/mol. The molecular formula is C25H17Cl4NO9S. The minimum atomic E-state index is -1.56. The molecule has 0 aliphatic rings. The molecule has 0 saturated carbocycles. The van der Waals surface area contributed by atoms with Gasteiger partial charge in [-0.15, -0.1) is 11.3 Å². The average molecular weight is 649 g/mol. The Hall–Kier alpha value is -3.35. The zero-order valence-corrected chi connectivity index (χ0v) is 23.8. The predicted octanol–water partition coefficient (Wildman–Crippen LogP) is 5.57. The Kier molecular flexibility index (Phi) is 11.6. The first kappa shape index (κ1) is 31.2. The van der Waals surface area contributed by atoms with Gasteiger partial charge in [-0.05, 0) is 35.7 Å². The van der Waals surface area contributed by atoms with Crippen LogP contribution in [0.3, 0.4) is 0 Å². The van der Waals surface area contributed by atoms with Gasteiger partial charge in [0.05, 0.1) is 42.5 Å². The van der Waals surface area contributed by atoms with Crippen LogP contribution in [0, 0.1) is 0 Å². The van der Waals surface area contributed by atoms with Gasteiger partial charge in [-0.25, -0.2) is 14.4 Å². The van der Waals surface area contributed by atoms with Gasteiger partial charge in [-0.2, -0.15) is 0 Å². The van der Waals surface area contributed by atoms with Gasteiger partial charge in [0.25, 0.3) is 5.91 Å². The quantitative estimate of drug-likeness (QED) is 0.209. The zero-order chi connectivity index (χ0) is 29.2. The molecule has 15 heteroatoms. The van der Waals surface area contributed by atoms with Gasteiger partial charge < -0.3 is 24.3 Å². The van der Waals surface area contributed by atoms with Crippen molar-refractivity contribution in [2.24, 2.45) is 0 Å². The van der Waals surface area contributed by atoms with E-state index in [-0.39, 0.29) is 36.1 Å². The topological polar surface area (TPSA) is 134 Å². The molecule has 1 aromatic heterocycles. The summed E-state index contributed by atoms with van der Waals surface area (Å²) >= 11 is 24.9. The van der Waals surface area contributed by atoms with Gasteiger partial charge in [0.1, 0.15) is 6.04 Å². The number of amides is 1. The Labute approximate surface area is 250 Å². The van der Waals surface area contributed by atoms with Crippen LogP contribution < -0.4 is 5.32 Å². The lowest BCUT2D eigenvalue weighted by Gasteiger charge is -2.17. The maximum atomic E-state index is 12.7. The van der Waals surface area contributed by atoms with Crippen LogP contribution in [-0.2, 0) is 28.5 Å². The summed E-state index contributed by atoms with van der Waals surface area (Å²) in [5, 5.41) is 4.08. The van der Waals surface area contributed by atoms with Gasteiger partial charge in [0.2, 0.25) is 13.6 Å². The van der Waals surface area contributed by atoms with E-state index in [0.29, 0.717) is 0 Å². The number of hydrogen-bond acceptors (Lipinski definition) is 10. The van der Waals surface area contributed by atoms with Crippen molar-refractivity contribution in [3.05, 3.63) is 90.0 Å². The van der Waals surface area contributed by atoms with Crippen molar-refractivity contribution in [3.8, 4) is 0 Å². The Morgan fingerprint density at radius 2 is 1.20 bits per heavy atom. The summed E-state index contributed by atoms with van der Waals surface area (Å²) in [6, 6.07) is 10.3. The second-order valence-electron chi connectivity index (χ2n) is 7.48. The Balaban J connectivity index is 1.58. The molecule has 1 amide bonds. The number of carbonyl (C=O) groups excluding carboxylic acids is 5. The van der Waals surface area contributed by atoms with Gasteiger partial charge >= 0.3 is 23.9 Å². The van der Waals surface area contributed by atoms with Crippen molar-refractivity contribution in [1.82, 2.24) is 5.32 Å². The number of carbonyl (C=O) groups is 5. The van der Waals surface area contributed by atoms with Crippen LogP contribution in [0.1, 0.15) is 36.8 Å². The highest BCUT2D eigenvalue weighted by atomic mass is 35.5. The Morgan fingerprint density at radius 3 is 1.68 bits per heavy atom. The summed E-state index contributed by atoms with van der Waals surface area (Å²) in [4.78, 5) is 62.3. The van der Waals surface area contributed by atoms with Gasteiger partial charge in [-0.3, -0.25) is 9.59 Å². The van der Waals surface area contributed by atoms with Crippen LogP contribution in [0.2, 0.25) is 20.1 Å². The molecule has 210 valence electrons. The van der Waals surface area contributed by atoms with Crippen LogP contribution in [0.5, 0.6) is 0 Å². The lowest BCUT2D eigenvalue weighted by atomic mass is 10.2. The molecule has 1 heterocycles. The van der Waals surface area contributed by atoms with Crippen LogP contribution in [0.25, 0.3) is 0 Å². The Bertz CT molecular complexity index is 1370. The predicted molar refractivity (Wildman–Crippen MR) is 146 cm³/mol. The van der Waals surface area contributed by atoms with Gasteiger partial charge in [0, 0.05) is 0 Å². The van der Waals surface area contributed by atoms with E-state index in [2.05, 4.69) is 5.32 Å². The number of hydrogen-bond donors (Lipinski definition) is 1. The van der Waals surface area contributed by atoms with Crippen LogP contribution >= 0.6 is 57.7 Å². The van der Waals surface area contributed by atoms with Crippen LogP contribution in [0.15, 0.2) is 53.9 Å². The van der Waals surface area contributed by atoms with Crippen molar-refractivity contribution < 1.29 is 42.9 Å². The van der Waals surface area contributed by atoms with E-state index in [4.69, 9.17) is 65.4 Å². The van der Waals surface area contributed by atoms with Gasteiger partial charge in [0.15, 0.2) is 0 Å². The lowest BCUT2D eigenvalue weighted by Crippen LogP contribution is -2.43. The van der Waals surface area contributed by atoms with E-state index < -0.39 is 55.8 Å². The highest BCUT2D eigenvalue weighted by molar-refractivity contribution is 7.12. The molecule has 2 aromatic carbocycles. The first-order chi connectivity index (χ1) is 19.1. The minimum absolute atomic E-state index is 0.0187. The standard InChI is InChI=1S/C25H17Cl4NO9S/c26-13-4-1-5-14(27)20(13)24(34)38-11-36-19(31)10-17(30-22(32)18-8-3-9-40-18)23(33)37-12-39-25(35)21-15(28)6-2-7-16(21)29/h1-9,17H,10-12H2,(H,30,32)/t17-/m0/s1. The first-order valence-electron chi connectivity index (χ1n) is 11.0. The lowest BCUT2D eigenvalue weighted by molar-refractivity contribution is -0.161. The number of ether oxygens (including phenoxy) is 4. The first-order valence-corrected chi connectivity index (χ1v) is 13.4. The van der Waals surface area contributed by atoms with E-state index in [1.54, 1.807) is 11.4 Å². The second-order valence-corrected chi connectivity index (χ2v) is 10.1. The number of halogens is 4. The molecule has 3 rings (SSSR count). The summed E-state index contributed by atoms with van der Waals surface area (Å²) in [7, 11) is 0. The summed E-state index contributed by atoms with van der Waals surface area (Å²) in [6.07, 6.45) is -0.718. The highest BCUT2D eigenvalue weighted by Crippen LogP contribution is 2.26. The van der Waals surface area contributed by atoms with Crippen molar-refractivity contribution in [2.45, 2.75) is 12.5 Å². The van der Waals surface area contributed by atoms with Crippen LogP contribution in [-0.4, -0.2) is 49.4 Å². The van der Waals surface area contributed by atoms with E-state index in [9.17, 15) is 24.0 Å². The molecule has 0 bridgehead atoms. The van der Waals surface area contributed by atoms with Crippen LogP contribution in [0.4, 0.5) is 0 Å². The molecule has 10 nitrogen and oxygen atoms in total. The number of rotatable bonds is 11. The maximum Gasteiger partial charge on any atom is 0.344 e. The van der Waals surface area contributed by atoms with Gasteiger partial charge in [-0.1, -0.05) is 64.6 Å². The number of thiophene rings is 1. The largest absolute Gasteiger partial charge is 0.428 e. The third kappa shape index (κ3) is 8.57. The second kappa shape index (κ2) is 14.9. The fourth-order valence-corrected chi connectivity index (χ4v) is 4.71. The molecule has 40 heavy (non-hydrogen) atoms. The van der Waals surface area contributed by atoms with Crippen molar-refractivity contribution in [1.29, 1.82) is 0 Å². The molecule has 0 radical (unpaired) electrons. The molecule has 1 atom stereocenters. The molecule has 0 unspecified atom stereocenters. The fraction of sp³-hybridized carbons (Fsp3) is 0.160. The summed E-state index contributed by atoms with van der Waals surface area (Å²) in [6.45, 7) is -1.72. The molecule has 0 saturated heterocycles. The monoisotopic (exact) mass is 647 g/mol. The van der Waals surface area contributed by atoms with E-state index in [1.165, 1.54) is 42.5 Å². The number of nitrogens with one attached hydrogen (secondary N) is 1. The zero-order valence-electron chi connectivity index (χ0n) is 20.0. The average Bonchev–Trinajstić information content (AvgIpc) is 3.43. The number of benzene rings is 2. The summed E-state index contributed by atoms with van der Waals surface area (Å²) in [5.74, 6) is -4.76. The fourth-order valence-electron chi connectivity index (χ4n) is 2.98. The summed E-state index contributed by atoms with van der Waals surface area (Å²) in [5.41, 5.74) is -0.264. The SMILES string of the molecule is O=C(C[C@H](NC(=O)c1cccs1)C(=O)OCOC(=O)c1c(Cl)cccc1Cl)OCOC(=O)c1c(Cl)cccc1Cl. The molecule has 0 fully saturated rings. The third-order valence-corrected chi connectivity index (χ3v) is 6.97. The number of esters is 4.